The first-order valence-corrected chi connectivity index (χ1v) is 5.28. The number of furan rings is 1. The highest BCUT2D eigenvalue weighted by Crippen LogP contribution is 2.29. The molecule has 0 spiro atoms. The average Bonchev–Trinajstić information content (AvgIpc) is 2.89. The SMILES string of the molecule is COc1ccc([N+](=O)[O-])cc1NCc1ccoc1. The summed E-state index contributed by atoms with van der Waals surface area (Å²) < 4.78 is 10.1. The summed E-state index contributed by atoms with van der Waals surface area (Å²) >= 11 is 0. The van der Waals surface area contributed by atoms with Crippen molar-refractivity contribution in [2.45, 2.75) is 6.54 Å². The van der Waals surface area contributed by atoms with Gasteiger partial charge in [0.05, 0.1) is 30.2 Å². The Bertz CT molecular complexity index is 537. The third kappa shape index (κ3) is 2.60. The summed E-state index contributed by atoms with van der Waals surface area (Å²) in [5, 5.41) is 13.8. The van der Waals surface area contributed by atoms with E-state index in [0.717, 1.165) is 5.56 Å². The van der Waals surface area contributed by atoms with Crippen LogP contribution in [0.1, 0.15) is 5.56 Å². The molecule has 0 fully saturated rings. The lowest BCUT2D eigenvalue weighted by molar-refractivity contribution is -0.384. The zero-order valence-electron chi connectivity index (χ0n) is 9.75. The minimum atomic E-state index is -0.442. The van der Waals surface area contributed by atoms with Crippen molar-refractivity contribution in [2.24, 2.45) is 0 Å². The van der Waals surface area contributed by atoms with E-state index in [2.05, 4.69) is 5.32 Å². The van der Waals surface area contributed by atoms with Crippen molar-refractivity contribution in [1.82, 2.24) is 0 Å². The van der Waals surface area contributed by atoms with Gasteiger partial charge in [-0.25, -0.2) is 0 Å². The lowest BCUT2D eigenvalue weighted by atomic mass is 10.2. The van der Waals surface area contributed by atoms with E-state index in [9.17, 15) is 10.1 Å². The number of nitro groups is 1. The fourth-order valence-corrected chi connectivity index (χ4v) is 1.54. The van der Waals surface area contributed by atoms with Crippen molar-refractivity contribution < 1.29 is 14.1 Å². The van der Waals surface area contributed by atoms with Crippen LogP contribution >= 0.6 is 0 Å². The summed E-state index contributed by atoms with van der Waals surface area (Å²) in [4.78, 5) is 10.3. The molecule has 6 heteroatoms. The number of nitrogens with zero attached hydrogens (tertiary/aromatic N) is 1. The van der Waals surface area contributed by atoms with Gasteiger partial charge in [0, 0.05) is 24.2 Å². The van der Waals surface area contributed by atoms with E-state index < -0.39 is 4.92 Å². The molecule has 0 bridgehead atoms. The first-order valence-electron chi connectivity index (χ1n) is 5.28. The molecule has 1 aromatic carbocycles. The summed E-state index contributed by atoms with van der Waals surface area (Å²) in [6.45, 7) is 0.508. The molecule has 18 heavy (non-hydrogen) atoms. The van der Waals surface area contributed by atoms with Crippen molar-refractivity contribution in [1.29, 1.82) is 0 Å². The average molecular weight is 248 g/mol. The number of anilines is 1. The maximum atomic E-state index is 10.7. The Morgan fingerprint density at radius 1 is 1.44 bits per heavy atom. The molecule has 0 saturated carbocycles. The highest BCUT2D eigenvalue weighted by molar-refractivity contribution is 5.61. The number of ether oxygens (including phenoxy) is 1. The summed E-state index contributed by atoms with van der Waals surface area (Å²) in [6, 6.07) is 6.23. The second-order valence-corrected chi connectivity index (χ2v) is 3.63. The van der Waals surface area contributed by atoms with Gasteiger partial charge in [-0.1, -0.05) is 0 Å². The lowest BCUT2D eigenvalue weighted by Crippen LogP contribution is -2.01. The molecule has 0 radical (unpaired) electrons. The molecule has 2 rings (SSSR count). The highest BCUT2D eigenvalue weighted by atomic mass is 16.6. The van der Waals surface area contributed by atoms with Crippen molar-refractivity contribution in [3.05, 3.63) is 52.5 Å². The first kappa shape index (κ1) is 12.0. The topological polar surface area (TPSA) is 77.5 Å². The minimum Gasteiger partial charge on any atom is -0.495 e. The Kier molecular flexibility index (Phi) is 3.47. The van der Waals surface area contributed by atoms with Gasteiger partial charge in [-0.3, -0.25) is 10.1 Å². The Hall–Kier alpha value is -2.50. The van der Waals surface area contributed by atoms with Gasteiger partial charge in [-0.15, -0.1) is 0 Å². The number of nitrogens with one attached hydrogen (secondary N) is 1. The van der Waals surface area contributed by atoms with Gasteiger partial charge >= 0.3 is 0 Å². The number of non-ortho nitro benzene ring substituents is 1. The summed E-state index contributed by atoms with van der Waals surface area (Å²) in [5.74, 6) is 0.559. The highest BCUT2D eigenvalue weighted by Gasteiger charge is 2.11. The van der Waals surface area contributed by atoms with E-state index in [1.807, 2.05) is 6.07 Å². The fourth-order valence-electron chi connectivity index (χ4n) is 1.54. The molecule has 0 saturated heterocycles. The molecule has 0 aliphatic carbocycles. The number of benzene rings is 1. The second-order valence-electron chi connectivity index (χ2n) is 3.63. The normalized spacial score (nSPS) is 10.1. The van der Waals surface area contributed by atoms with Crippen LogP contribution < -0.4 is 10.1 Å². The molecule has 1 aromatic heterocycles. The minimum absolute atomic E-state index is 0.0190. The van der Waals surface area contributed by atoms with Crippen molar-refractivity contribution >= 4 is 11.4 Å². The molecule has 0 amide bonds. The van der Waals surface area contributed by atoms with Gasteiger partial charge in [-0.2, -0.15) is 0 Å². The van der Waals surface area contributed by atoms with Crippen LogP contribution in [0.25, 0.3) is 0 Å². The van der Waals surface area contributed by atoms with Crippen molar-refractivity contribution in [3.63, 3.8) is 0 Å². The Balaban J connectivity index is 2.18. The lowest BCUT2D eigenvalue weighted by Gasteiger charge is -2.09. The van der Waals surface area contributed by atoms with E-state index >= 15 is 0 Å². The standard InChI is InChI=1S/C12H12N2O4/c1-17-12-3-2-10(14(15)16)6-11(12)13-7-9-4-5-18-8-9/h2-6,8,13H,7H2,1H3. The smallest absolute Gasteiger partial charge is 0.271 e. The quantitative estimate of drug-likeness (QED) is 0.650. The molecule has 0 atom stereocenters. The number of methoxy groups -OCH3 is 1. The molecule has 6 nitrogen and oxygen atoms in total. The van der Waals surface area contributed by atoms with E-state index in [4.69, 9.17) is 9.15 Å². The zero-order valence-corrected chi connectivity index (χ0v) is 9.75. The predicted molar refractivity (Wildman–Crippen MR) is 65.7 cm³/mol. The maximum absolute atomic E-state index is 10.7. The summed E-state index contributed by atoms with van der Waals surface area (Å²) in [5.41, 5.74) is 1.54. The monoisotopic (exact) mass is 248 g/mol. The van der Waals surface area contributed by atoms with Crippen molar-refractivity contribution in [3.8, 4) is 5.75 Å². The molecule has 1 heterocycles. The van der Waals surface area contributed by atoms with Crippen LogP contribution in [-0.2, 0) is 6.54 Å². The Labute approximate surface area is 103 Å². The predicted octanol–water partition coefficient (Wildman–Crippen LogP) is 2.81. The van der Waals surface area contributed by atoms with E-state index in [1.54, 1.807) is 18.6 Å². The van der Waals surface area contributed by atoms with Crippen LogP contribution in [0.4, 0.5) is 11.4 Å². The molecule has 0 aliphatic heterocycles. The van der Waals surface area contributed by atoms with Crippen LogP contribution in [0.5, 0.6) is 5.75 Å². The van der Waals surface area contributed by atoms with Gasteiger partial charge in [0.15, 0.2) is 0 Å². The number of hydrogen-bond acceptors (Lipinski definition) is 5. The van der Waals surface area contributed by atoms with E-state index in [1.165, 1.54) is 19.2 Å². The van der Waals surface area contributed by atoms with Crippen LogP contribution in [0, 0.1) is 10.1 Å². The molecule has 94 valence electrons. The van der Waals surface area contributed by atoms with Crippen molar-refractivity contribution in [2.75, 3.05) is 12.4 Å². The van der Waals surface area contributed by atoms with Crippen LogP contribution in [0.3, 0.4) is 0 Å². The third-order valence-corrected chi connectivity index (χ3v) is 2.46. The fraction of sp³-hybridized carbons (Fsp3) is 0.167. The van der Waals surface area contributed by atoms with Crippen LogP contribution in [0.2, 0.25) is 0 Å². The van der Waals surface area contributed by atoms with Crippen LogP contribution in [-0.4, -0.2) is 12.0 Å². The summed E-state index contributed by atoms with van der Waals surface area (Å²) in [6.07, 6.45) is 3.18. The van der Waals surface area contributed by atoms with E-state index in [0.29, 0.717) is 18.0 Å². The Morgan fingerprint density at radius 3 is 2.89 bits per heavy atom. The zero-order chi connectivity index (χ0) is 13.0. The number of rotatable bonds is 5. The number of nitro benzene ring substituents is 1. The van der Waals surface area contributed by atoms with E-state index in [-0.39, 0.29) is 5.69 Å². The Morgan fingerprint density at radius 2 is 2.28 bits per heavy atom. The molecule has 2 aromatic rings. The van der Waals surface area contributed by atoms with Gasteiger partial charge in [0.2, 0.25) is 0 Å². The first-order chi connectivity index (χ1) is 8.70. The molecule has 0 aliphatic rings. The van der Waals surface area contributed by atoms with Crippen LogP contribution in [0.15, 0.2) is 41.2 Å². The van der Waals surface area contributed by atoms with Gasteiger partial charge in [-0.05, 0) is 12.1 Å². The largest absolute Gasteiger partial charge is 0.495 e. The molecular weight excluding hydrogens is 236 g/mol. The maximum Gasteiger partial charge on any atom is 0.271 e. The third-order valence-electron chi connectivity index (χ3n) is 2.46. The molecule has 1 N–H and O–H groups in total. The number of hydrogen-bond donors (Lipinski definition) is 1. The molecular formula is C12H12N2O4. The van der Waals surface area contributed by atoms with Gasteiger partial charge < -0.3 is 14.5 Å². The summed E-state index contributed by atoms with van der Waals surface area (Å²) in [7, 11) is 1.52. The second kappa shape index (κ2) is 5.22. The van der Waals surface area contributed by atoms with Gasteiger partial charge in [0.25, 0.3) is 5.69 Å². The van der Waals surface area contributed by atoms with Gasteiger partial charge in [0.1, 0.15) is 5.75 Å². The molecule has 0 unspecified atom stereocenters.